The van der Waals surface area contributed by atoms with Crippen LogP contribution in [0.1, 0.15) is 45.4 Å². The Morgan fingerprint density at radius 1 is 1.06 bits per heavy atom. The Bertz CT molecular complexity index is 341. The van der Waals surface area contributed by atoms with Crippen LogP contribution < -0.4 is 10.1 Å². The SMILES string of the molecule is CCCCCCCCNc1cc(Br)cc(OC)c1. The fraction of sp³-hybridized carbons (Fsp3) is 0.600. The van der Waals surface area contributed by atoms with Crippen molar-refractivity contribution in [1.82, 2.24) is 0 Å². The Kier molecular flexibility index (Phi) is 7.90. The first kappa shape index (κ1) is 15.4. The molecular weight excluding hydrogens is 290 g/mol. The number of unbranched alkanes of at least 4 members (excludes halogenated alkanes) is 5. The van der Waals surface area contributed by atoms with Crippen LogP contribution in [-0.4, -0.2) is 13.7 Å². The summed E-state index contributed by atoms with van der Waals surface area (Å²) in [6.07, 6.45) is 7.97. The van der Waals surface area contributed by atoms with Gasteiger partial charge in [-0.05, 0) is 18.6 Å². The van der Waals surface area contributed by atoms with E-state index in [4.69, 9.17) is 4.74 Å². The van der Waals surface area contributed by atoms with Crippen molar-refractivity contribution < 1.29 is 4.74 Å². The molecule has 0 heterocycles. The summed E-state index contributed by atoms with van der Waals surface area (Å²) in [6, 6.07) is 6.08. The zero-order valence-corrected chi connectivity index (χ0v) is 13.1. The summed E-state index contributed by atoms with van der Waals surface area (Å²) < 4.78 is 6.29. The van der Waals surface area contributed by atoms with Crippen LogP contribution in [0.15, 0.2) is 22.7 Å². The summed E-state index contributed by atoms with van der Waals surface area (Å²) in [5.41, 5.74) is 1.12. The number of benzene rings is 1. The fourth-order valence-corrected chi connectivity index (χ4v) is 2.39. The molecule has 0 bridgehead atoms. The molecule has 1 N–H and O–H groups in total. The first-order chi connectivity index (χ1) is 8.76. The molecule has 0 amide bonds. The van der Waals surface area contributed by atoms with Gasteiger partial charge in [0.1, 0.15) is 5.75 Å². The quantitative estimate of drug-likeness (QED) is 0.630. The third-order valence-corrected chi connectivity index (χ3v) is 3.42. The van der Waals surface area contributed by atoms with Crippen LogP contribution in [0.5, 0.6) is 5.75 Å². The van der Waals surface area contributed by atoms with Gasteiger partial charge >= 0.3 is 0 Å². The number of anilines is 1. The number of rotatable bonds is 9. The van der Waals surface area contributed by atoms with Gasteiger partial charge < -0.3 is 10.1 Å². The molecule has 0 radical (unpaired) electrons. The van der Waals surface area contributed by atoms with Crippen LogP contribution in [-0.2, 0) is 0 Å². The molecule has 0 spiro atoms. The first-order valence-corrected chi connectivity index (χ1v) is 7.64. The molecular formula is C15H24BrNO. The highest BCUT2D eigenvalue weighted by Gasteiger charge is 1.99. The first-order valence-electron chi connectivity index (χ1n) is 6.84. The molecule has 0 aliphatic carbocycles. The Morgan fingerprint density at radius 2 is 1.78 bits per heavy atom. The third kappa shape index (κ3) is 6.29. The molecule has 0 saturated heterocycles. The minimum absolute atomic E-state index is 0.884. The van der Waals surface area contributed by atoms with Gasteiger partial charge in [-0.15, -0.1) is 0 Å². The number of nitrogens with one attached hydrogen (secondary N) is 1. The van der Waals surface area contributed by atoms with Crippen molar-refractivity contribution in [3.63, 3.8) is 0 Å². The van der Waals surface area contributed by atoms with E-state index in [1.807, 2.05) is 12.1 Å². The highest BCUT2D eigenvalue weighted by Crippen LogP contribution is 2.24. The molecule has 102 valence electrons. The van der Waals surface area contributed by atoms with E-state index in [0.717, 1.165) is 22.5 Å². The minimum Gasteiger partial charge on any atom is -0.497 e. The lowest BCUT2D eigenvalue weighted by Crippen LogP contribution is -2.01. The largest absolute Gasteiger partial charge is 0.497 e. The second kappa shape index (κ2) is 9.26. The zero-order valence-electron chi connectivity index (χ0n) is 11.5. The number of hydrogen-bond donors (Lipinski definition) is 1. The maximum absolute atomic E-state index is 5.24. The van der Waals surface area contributed by atoms with Gasteiger partial charge in [-0.2, -0.15) is 0 Å². The van der Waals surface area contributed by atoms with E-state index in [2.05, 4.69) is 34.2 Å². The molecule has 18 heavy (non-hydrogen) atoms. The molecule has 0 aromatic heterocycles. The van der Waals surface area contributed by atoms with Gasteiger partial charge in [0.25, 0.3) is 0 Å². The summed E-state index contributed by atoms with van der Waals surface area (Å²) >= 11 is 3.48. The van der Waals surface area contributed by atoms with Crippen molar-refractivity contribution in [2.75, 3.05) is 19.0 Å². The molecule has 3 heteroatoms. The summed E-state index contributed by atoms with van der Waals surface area (Å²) in [7, 11) is 1.69. The van der Waals surface area contributed by atoms with Gasteiger partial charge in [-0.25, -0.2) is 0 Å². The molecule has 0 aliphatic heterocycles. The Labute approximate surface area is 119 Å². The van der Waals surface area contributed by atoms with Crippen molar-refractivity contribution >= 4 is 21.6 Å². The molecule has 1 aromatic rings. The number of hydrogen-bond acceptors (Lipinski definition) is 2. The molecule has 2 nitrogen and oxygen atoms in total. The topological polar surface area (TPSA) is 21.3 Å². The van der Waals surface area contributed by atoms with E-state index >= 15 is 0 Å². The van der Waals surface area contributed by atoms with Crippen LogP contribution in [0.2, 0.25) is 0 Å². The predicted octanol–water partition coefficient (Wildman–Crippen LogP) is 5.23. The molecule has 0 fully saturated rings. The molecule has 0 unspecified atom stereocenters. The summed E-state index contributed by atoms with van der Waals surface area (Å²) in [6.45, 7) is 3.29. The van der Waals surface area contributed by atoms with Gasteiger partial charge in [0.15, 0.2) is 0 Å². The molecule has 1 aromatic carbocycles. The van der Waals surface area contributed by atoms with Crippen molar-refractivity contribution in [3.05, 3.63) is 22.7 Å². The van der Waals surface area contributed by atoms with Crippen LogP contribution in [0.25, 0.3) is 0 Å². The van der Waals surface area contributed by atoms with E-state index in [0.29, 0.717) is 0 Å². The maximum atomic E-state index is 5.24. The van der Waals surface area contributed by atoms with Gasteiger partial charge in [0.05, 0.1) is 7.11 Å². The van der Waals surface area contributed by atoms with Crippen LogP contribution in [0, 0.1) is 0 Å². The molecule has 0 saturated carbocycles. The van der Waals surface area contributed by atoms with E-state index in [9.17, 15) is 0 Å². The van der Waals surface area contributed by atoms with Crippen LogP contribution in [0.4, 0.5) is 5.69 Å². The van der Waals surface area contributed by atoms with Crippen molar-refractivity contribution in [2.24, 2.45) is 0 Å². The van der Waals surface area contributed by atoms with Gasteiger partial charge in [0.2, 0.25) is 0 Å². The molecule has 0 aliphatic rings. The number of ether oxygens (including phenoxy) is 1. The van der Waals surface area contributed by atoms with Crippen molar-refractivity contribution in [1.29, 1.82) is 0 Å². The maximum Gasteiger partial charge on any atom is 0.122 e. The Balaban J connectivity index is 2.20. The van der Waals surface area contributed by atoms with E-state index in [1.54, 1.807) is 7.11 Å². The Morgan fingerprint density at radius 3 is 2.50 bits per heavy atom. The van der Waals surface area contributed by atoms with Gasteiger partial charge in [-0.3, -0.25) is 0 Å². The lowest BCUT2D eigenvalue weighted by Gasteiger charge is -2.09. The standard InChI is InChI=1S/C15H24BrNO/c1-3-4-5-6-7-8-9-17-14-10-13(16)11-15(12-14)18-2/h10-12,17H,3-9H2,1-2H3. The van der Waals surface area contributed by atoms with E-state index < -0.39 is 0 Å². The highest BCUT2D eigenvalue weighted by molar-refractivity contribution is 9.10. The lowest BCUT2D eigenvalue weighted by molar-refractivity contribution is 0.414. The lowest BCUT2D eigenvalue weighted by atomic mass is 10.1. The third-order valence-electron chi connectivity index (χ3n) is 2.97. The summed E-state index contributed by atoms with van der Waals surface area (Å²) in [5, 5.41) is 3.44. The second-order valence-corrected chi connectivity index (χ2v) is 5.49. The van der Waals surface area contributed by atoms with Gasteiger partial charge in [-0.1, -0.05) is 55.0 Å². The number of halogens is 1. The highest BCUT2D eigenvalue weighted by atomic mass is 79.9. The number of methoxy groups -OCH3 is 1. The smallest absolute Gasteiger partial charge is 0.122 e. The van der Waals surface area contributed by atoms with Crippen molar-refractivity contribution in [3.8, 4) is 5.75 Å². The minimum atomic E-state index is 0.884. The molecule has 1 rings (SSSR count). The molecule has 0 atom stereocenters. The summed E-state index contributed by atoms with van der Waals surface area (Å²) in [4.78, 5) is 0. The Hall–Kier alpha value is -0.700. The van der Waals surface area contributed by atoms with Crippen molar-refractivity contribution in [2.45, 2.75) is 45.4 Å². The van der Waals surface area contributed by atoms with E-state index in [1.165, 1.54) is 38.5 Å². The fourth-order valence-electron chi connectivity index (χ4n) is 1.92. The summed E-state index contributed by atoms with van der Waals surface area (Å²) in [5.74, 6) is 0.884. The normalized spacial score (nSPS) is 10.4. The predicted molar refractivity (Wildman–Crippen MR) is 82.6 cm³/mol. The van der Waals surface area contributed by atoms with Crippen LogP contribution >= 0.6 is 15.9 Å². The van der Waals surface area contributed by atoms with Gasteiger partial charge in [0, 0.05) is 22.8 Å². The van der Waals surface area contributed by atoms with Crippen LogP contribution in [0.3, 0.4) is 0 Å². The second-order valence-electron chi connectivity index (χ2n) is 4.57. The average Bonchev–Trinajstić information content (AvgIpc) is 2.37. The zero-order chi connectivity index (χ0) is 13.2. The monoisotopic (exact) mass is 313 g/mol. The average molecular weight is 314 g/mol. The van der Waals surface area contributed by atoms with E-state index in [-0.39, 0.29) is 0 Å².